The minimum absolute atomic E-state index is 0.0287. The van der Waals surface area contributed by atoms with Gasteiger partial charge in [0.2, 0.25) is 5.95 Å². The maximum Gasteiger partial charge on any atom is 0.271 e. The van der Waals surface area contributed by atoms with Gasteiger partial charge in [0.1, 0.15) is 17.0 Å². The third kappa shape index (κ3) is 3.21. The van der Waals surface area contributed by atoms with Crippen molar-refractivity contribution in [2.24, 2.45) is 0 Å². The van der Waals surface area contributed by atoms with Crippen molar-refractivity contribution in [2.45, 2.75) is 19.9 Å². The van der Waals surface area contributed by atoms with E-state index in [0.29, 0.717) is 28.6 Å². The van der Waals surface area contributed by atoms with Crippen LogP contribution in [-0.2, 0) is 13.0 Å². The lowest BCUT2D eigenvalue weighted by Crippen LogP contribution is -2.29. The Bertz CT molecular complexity index is 1030. The SMILES string of the molecule is CCc1cc[nH]c(=O)c1CNC(=O)c1nc(N)nc2c(OC)cccc12. The van der Waals surface area contributed by atoms with Crippen molar-refractivity contribution in [1.82, 2.24) is 20.3 Å². The van der Waals surface area contributed by atoms with E-state index in [0.717, 1.165) is 5.56 Å². The van der Waals surface area contributed by atoms with Crippen molar-refractivity contribution >= 4 is 22.8 Å². The molecule has 0 aliphatic carbocycles. The summed E-state index contributed by atoms with van der Waals surface area (Å²) < 4.78 is 5.27. The summed E-state index contributed by atoms with van der Waals surface area (Å²) in [7, 11) is 1.51. The topological polar surface area (TPSA) is 123 Å². The fourth-order valence-electron chi connectivity index (χ4n) is 2.81. The first kappa shape index (κ1) is 17.4. The molecule has 134 valence electrons. The molecule has 0 unspecified atom stereocenters. The normalized spacial score (nSPS) is 10.7. The molecule has 8 nitrogen and oxygen atoms in total. The van der Waals surface area contributed by atoms with Crippen LogP contribution in [0.4, 0.5) is 5.95 Å². The summed E-state index contributed by atoms with van der Waals surface area (Å²) in [6, 6.07) is 7.02. The third-order valence-electron chi connectivity index (χ3n) is 4.11. The molecule has 1 aromatic carbocycles. The highest BCUT2D eigenvalue weighted by Crippen LogP contribution is 2.26. The van der Waals surface area contributed by atoms with Crippen LogP contribution in [0, 0.1) is 0 Å². The van der Waals surface area contributed by atoms with Gasteiger partial charge in [0.25, 0.3) is 11.5 Å². The van der Waals surface area contributed by atoms with E-state index in [1.165, 1.54) is 7.11 Å². The van der Waals surface area contributed by atoms with Crippen LogP contribution in [0.3, 0.4) is 0 Å². The van der Waals surface area contributed by atoms with Crippen LogP contribution in [0.1, 0.15) is 28.5 Å². The zero-order valence-electron chi connectivity index (χ0n) is 14.5. The Balaban J connectivity index is 1.95. The smallest absolute Gasteiger partial charge is 0.271 e. The molecule has 0 fully saturated rings. The fourth-order valence-corrected chi connectivity index (χ4v) is 2.81. The fraction of sp³-hybridized carbons (Fsp3) is 0.222. The first-order chi connectivity index (χ1) is 12.5. The maximum absolute atomic E-state index is 12.7. The number of fused-ring (bicyclic) bond motifs is 1. The van der Waals surface area contributed by atoms with Gasteiger partial charge in [0.05, 0.1) is 7.11 Å². The number of para-hydroxylation sites is 1. The first-order valence-electron chi connectivity index (χ1n) is 8.13. The van der Waals surface area contributed by atoms with E-state index >= 15 is 0 Å². The highest BCUT2D eigenvalue weighted by molar-refractivity contribution is 6.05. The number of aromatic amines is 1. The van der Waals surface area contributed by atoms with Crippen LogP contribution in [0.25, 0.3) is 10.9 Å². The summed E-state index contributed by atoms with van der Waals surface area (Å²) in [4.78, 5) is 35.6. The number of nitrogens with two attached hydrogens (primary N) is 1. The van der Waals surface area contributed by atoms with Crippen LogP contribution < -0.4 is 21.3 Å². The van der Waals surface area contributed by atoms with Crippen molar-refractivity contribution in [3.05, 3.63) is 57.6 Å². The molecule has 1 amide bonds. The highest BCUT2D eigenvalue weighted by Gasteiger charge is 2.17. The number of nitrogens with one attached hydrogen (secondary N) is 2. The molecule has 2 aromatic heterocycles. The number of carbonyl (C=O) groups excluding carboxylic acids is 1. The number of carbonyl (C=O) groups is 1. The number of amides is 1. The predicted octanol–water partition coefficient (Wildman–Crippen LogP) is 1.40. The minimum atomic E-state index is -0.442. The van der Waals surface area contributed by atoms with Crippen molar-refractivity contribution in [3.8, 4) is 5.75 Å². The molecule has 0 aliphatic rings. The Morgan fingerprint density at radius 2 is 2.12 bits per heavy atom. The molecule has 3 aromatic rings. The minimum Gasteiger partial charge on any atom is -0.494 e. The number of aromatic nitrogens is 3. The van der Waals surface area contributed by atoms with Gasteiger partial charge in [-0.1, -0.05) is 19.1 Å². The average molecular weight is 353 g/mol. The molecule has 0 bridgehead atoms. The summed E-state index contributed by atoms with van der Waals surface area (Å²) in [5, 5.41) is 3.26. The first-order valence-corrected chi connectivity index (χ1v) is 8.13. The van der Waals surface area contributed by atoms with E-state index in [-0.39, 0.29) is 23.7 Å². The predicted molar refractivity (Wildman–Crippen MR) is 98.1 cm³/mol. The Labute approximate surface area is 149 Å². The van der Waals surface area contributed by atoms with E-state index < -0.39 is 5.91 Å². The second-order valence-electron chi connectivity index (χ2n) is 5.63. The van der Waals surface area contributed by atoms with E-state index in [1.807, 2.05) is 13.0 Å². The molecule has 8 heteroatoms. The van der Waals surface area contributed by atoms with E-state index in [9.17, 15) is 9.59 Å². The van der Waals surface area contributed by atoms with Crippen LogP contribution in [-0.4, -0.2) is 28.0 Å². The molecule has 0 radical (unpaired) electrons. The molecule has 0 aliphatic heterocycles. The second-order valence-corrected chi connectivity index (χ2v) is 5.63. The monoisotopic (exact) mass is 353 g/mol. The van der Waals surface area contributed by atoms with Crippen molar-refractivity contribution in [1.29, 1.82) is 0 Å². The number of hydrogen-bond acceptors (Lipinski definition) is 6. The lowest BCUT2D eigenvalue weighted by molar-refractivity contribution is 0.0947. The maximum atomic E-state index is 12.7. The molecule has 0 saturated heterocycles. The molecular formula is C18H19N5O3. The van der Waals surface area contributed by atoms with Crippen LogP contribution in [0.5, 0.6) is 5.75 Å². The molecular weight excluding hydrogens is 334 g/mol. The molecule has 3 rings (SSSR count). The Kier molecular flexibility index (Phi) is 4.83. The van der Waals surface area contributed by atoms with E-state index in [1.54, 1.807) is 24.4 Å². The average Bonchev–Trinajstić information content (AvgIpc) is 2.65. The van der Waals surface area contributed by atoms with Crippen molar-refractivity contribution in [2.75, 3.05) is 12.8 Å². The van der Waals surface area contributed by atoms with Gasteiger partial charge in [0.15, 0.2) is 0 Å². The number of rotatable bonds is 5. The quantitative estimate of drug-likeness (QED) is 0.637. The van der Waals surface area contributed by atoms with Gasteiger partial charge in [-0.3, -0.25) is 9.59 Å². The summed E-state index contributed by atoms with van der Waals surface area (Å²) >= 11 is 0. The number of benzene rings is 1. The number of nitrogens with zero attached hydrogens (tertiary/aromatic N) is 2. The molecule has 2 heterocycles. The number of aryl methyl sites for hydroxylation is 1. The Morgan fingerprint density at radius 3 is 2.85 bits per heavy atom. The zero-order valence-corrected chi connectivity index (χ0v) is 14.5. The lowest BCUT2D eigenvalue weighted by atomic mass is 10.1. The van der Waals surface area contributed by atoms with Crippen LogP contribution in [0.2, 0.25) is 0 Å². The van der Waals surface area contributed by atoms with Gasteiger partial charge in [-0.05, 0) is 24.1 Å². The number of hydrogen-bond donors (Lipinski definition) is 3. The molecule has 26 heavy (non-hydrogen) atoms. The standard InChI is InChI=1S/C18H19N5O3/c1-3-10-7-8-20-16(24)12(10)9-21-17(25)15-11-5-4-6-13(26-2)14(11)22-18(19)23-15/h4-8H,3,9H2,1-2H3,(H,20,24)(H,21,25)(H2,19,22,23). The zero-order chi connectivity index (χ0) is 18.7. The van der Waals surface area contributed by atoms with E-state index in [4.69, 9.17) is 10.5 Å². The van der Waals surface area contributed by atoms with Gasteiger partial charge in [-0.15, -0.1) is 0 Å². The largest absolute Gasteiger partial charge is 0.494 e. The van der Waals surface area contributed by atoms with Gasteiger partial charge in [-0.25, -0.2) is 9.97 Å². The van der Waals surface area contributed by atoms with Gasteiger partial charge >= 0.3 is 0 Å². The van der Waals surface area contributed by atoms with Crippen molar-refractivity contribution in [3.63, 3.8) is 0 Å². The second kappa shape index (κ2) is 7.22. The molecule has 0 atom stereocenters. The number of anilines is 1. The number of ether oxygens (including phenoxy) is 1. The summed E-state index contributed by atoms with van der Waals surface area (Å²) in [6.45, 7) is 2.04. The van der Waals surface area contributed by atoms with Crippen molar-refractivity contribution < 1.29 is 9.53 Å². The summed E-state index contributed by atoms with van der Waals surface area (Å²) in [5.74, 6) is 0.0278. The van der Waals surface area contributed by atoms with Crippen LogP contribution >= 0.6 is 0 Å². The Morgan fingerprint density at radius 1 is 1.31 bits per heavy atom. The molecule has 4 N–H and O–H groups in total. The third-order valence-corrected chi connectivity index (χ3v) is 4.11. The van der Waals surface area contributed by atoms with Gasteiger partial charge < -0.3 is 20.8 Å². The van der Waals surface area contributed by atoms with E-state index in [2.05, 4.69) is 20.3 Å². The molecule has 0 saturated carbocycles. The number of nitrogen functional groups attached to an aromatic ring is 1. The number of methoxy groups -OCH3 is 1. The summed E-state index contributed by atoms with van der Waals surface area (Å²) in [5.41, 5.74) is 7.52. The van der Waals surface area contributed by atoms with Crippen LogP contribution in [0.15, 0.2) is 35.3 Å². The van der Waals surface area contributed by atoms with Gasteiger partial charge in [-0.2, -0.15) is 0 Å². The highest BCUT2D eigenvalue weighted by atomic mass is 16.5. The number of pyridine rings is 1. The molecule has 0 spiro atoms. The number of H-pyrrole nitrogens is 1. The van der Waals surface area contributed by atoms with Gasteiger partial charge in [0, 0.05) is 23.7 Å². The summed E-state index contributed by atoms with van der Waals surface area (Å²) in [6.07, 6.45) is 2.28. The Hall–Kier alpha value is -3.42. The lowest BCUT2D eigenvalue weighted by Gasteiger charge is -2.11.